The molecule has 0 spiro atoms. The number of para-hydroxylation sites is 1. The van der Waals surface area contributed by atoms with Crippen LogP contribution in [0.3, 0.4) is 0 Å². The molecule has 1 aliphatic heterocycles. The summed E-state index contributed by atoms with van der Waals surface area (Å²) >= 11 is 0. The van der Waals surface area contributed by atoms with Crippen molar-refractivity contribution in [1.82, 2.24) is 4.90 Å². The topological polar surface area (TPSA) is 41.6 Å². The number of hydrogen-bond acceptors (Lipinski definition) is 3. The van der Waals surface area contributed by atoms with E-state index < -0.39 is 5.66 Å². The number of nitrogens with one attached hydrogen (secondary N) is 1. The third-order valence-corrected chi connectivity index (χ3v) is 6.20. The lowest BCUT2D eigenvalue weighted by Gasteiger charge is -2.49. The second kappa shape index (κ2) is 10.0. The van der Waals surface area contributed by atoms with E-state index in [0.29, 0.717) is 0 Å². The van der Waals surface area contributed by atoms with Gasteiger partial charge in [0.25, 0.3) is 5.91 Å². The van der Waals surface area contributed by atoms with Crippen molar-refractivity contribution < 1.29 is 9.53 Å². The molecule has 0 saturated carbocycles. The van der Waals surface area contributed by atoms with Gasteiger partial charge in [-0.2, -0.15) is 0 Å². The first-order valence-corrected chi connectivity index (χ1v) is 11.5. The van der Waals surface area contributed by atoms with E-state index in [4.69, 9.17) is 4.74 Å². The minimum Gasteiger partial charge on any atom is -0.494 e. The summed E-state index contributed by atoms with van der Waals surface area (Å²) in [5.74, 6) is 0.962. The molecule has 1 N–H and O–H groups in total. The maximum absolute atomic E-state index is 13.4. The molecule has 0 fully saturated rings. The van der Waals surface area contributed by atoms with E-state index in [2.05, 4.69) is 45.1 Å². The number of carbonyl (C=O) groups is 1. The molecule has 162 valence electrons. The SMILES string of the molecule is CCCCCCCOc1ccc(C2(C)Nc3ccccc3C(=O)N2C(C)CC)cc1. The highest BCUT2D eigenvalue weighted by atomic mass is 16.5. The van der Waals surface area contributed by atoms with E-state index in [1.165, 1.54) is 25.7 Å². The van der Waals surface area contributed by atoms with Crippen LogP contribution in [-0.2, 0) is 5.66 Å². The molecule has 0 aromatic heterocycles. The second-order valence-electron chi connectivity index (χ2n) is 8.46. The zero-order chi connectivity index (χ0) is 21.6. The first-order chi connectivity index (χ1) is 14.5. The second-order valence-corrected chi connectivity index (χ2v) is 8.46. The Bertz CT molecular complexity index is 833. The lowest BCUT2D eigenvalue weighted by Crippen LogP contribution is -2.58. The van der Waals surface area contributed by atoms with Gasteiger partial charge >= 0.3 is 0 Å². The van der Waals surface area contributed by atoms with Crippen molar-refractivity contribution in [2.75, 3.05) is 11.9 Å². The third-order valence-electron chi connectivity index (χ3n) is 6.20. The van der Waals surface area contributed by atoms with Gasteiger partial charge in [0.05, 0.1) is 12.2 Å². The molecule has 1 amide bonds. The van der Waals surface area contributed by atoms with Crippen LogP contribution in [0.25, 0.3) is 0 Å². The maximum Gasteiger partial charge on any atom is 0.258 e. The Morgan fingerprint density at radius 3 is 2.40 bits per heavy atom. The molecule has 0 bridgehead atoms. The summed E-state index contributed by atoms with van der Waals surface area (Å²) in [7, 11) is 0. The predicted molar refractivity (Wildman–Crippen MR) is 124 cm³/mol. The number of fused-ring (bicyclic) bond motifs is 1. The normalized spacial score (nSPS) is 19.2. The fourth-order valence-electron chi connectivity index (χ4n) is 4.24. The average molecular weight is 409 g/mol. The number of carbonyl (C=O) groups excluding carboxylic acids is 1. The molecule has 30 heavy (non-hydrogen) atoms. The molecule has 2 atom stereocenters. The molecular weight excluding hydrogens is 372 g/mol. The Kier molecular flexibility index (Phi) is 7.41. The van der Waals surface area contributed by atoms with E-state index >= 15 is 0 Å². The standard InChI is InChI=1S/C26H36N2O2/c1-5-7-8-9-12-19-30-22-17-15-21(16-18-22)26(4)27-24-14-11-10-13-23(24)25(29)28(26)20(3)6-2/h10-11,13-18,20,27H,5-9,12,19H2,1-4H3. The number of nitrogens with zero attached hydrogens (tertiary/aromatic N) is 1. The number of benzene rings is 2. The zero-order valence-corrected chi connectivity index (χ0v) is 18.9. The molecule has 4 heteroatoms. The smallest absolute Gasteiger partial charge is 0.258 e. The van der Waals surface area contributed by atoms with Gasteiger partial charge in [0, 0.05) is 11.7 Å². The van der Waals surface area contributed by atoms with Crippen LogP contribution >= 0.6 is 0 Å². The van der Waals surface area contributed by atoms with Crippen LogP contribution in [0.15, 0.2) is 48.5 Å². The lowest BCUT2D eigenvalue weighted by molar-refractivity contribution is 0.0399. The predicted octanol–water partition coefficient (Wildman–Crippen LogP) is 6.57. The van der Waals surface area contributed by atoms with Crippen LogP contribution in [0.4, 0.5) is 5.69 Å². The molecule has 3 rings (SSSR count). The minimum atomic E-state index is -0.612. The molecule has 2 aromatic carbocycles. The number of ether oxygens (including phenoxy) is 1. The minimum absolute atomic E-state index is 0.0774. The first-order valence-electron chi connectivity index (χ1n) is 11.5. The molecule has 0 saturated heterocycles. The van der Waals surface area contributed by atoms with E-state index in [1.807, 2.05) is 41.3 Å². The molecule has 1 heterocycles. The van der Waals surface area contributed by atoms with Crippen LogP contribution in [0.5, 0.6) is 5.75 Å². The van der Waals surface area contributed by atoms with Gasteiger partial charge in [-0.05, 0) is 56.5 Å². The molecule has 4 nitrogen and oxygen atoms in total. The molecule has 2 unspecified atom stereocenters. The van der Waals surface area contributed by atoms with Crippen molar-refractivity contribution in [3.05, 3.63) is 59.7 Å². The molecule has 2 aromatic rings. The van der Waals surface area contributed by atoms with Gasteiger partial charge in [-0.25, -0.2) is 0 Å². The summed E-state index contributed by atoms with van der Waals surface area (Å²) in [6.07, 6.45) is 7.05. The summed E-state index contributed by atoms with van der Waals surface area (Å²) in [5.41, 5.74) is 2.07. The lowest BCUT2D eigenvalue weighted by atomic mass is 9.91. The number of unbranched alkanes of at least 4 members (excludes halogenated alkanes) is 4. The van der Waals surface area contributed by atoms with E-state index in [1.54, 1.807) is 0 Å². The Morgan fingerprint density at radius 1 is 1.00 bits per heavy atom. The van der Waals surface area contributed by atoms with Crippen molar-refractivity contribution in [3.8, 4) is 5.75 Å². The quantitative estimate of drug-likeness (QED) is 0.452. The monoisotopic (exact) mass is 408 g/mol. The fourth-order valence-corrected chi connectivity index (χ4v) is 4.24. The van der Waals surface area contributed by atoms with Gasteiger partial charge in [0.15, 0.2) is 0 Å². The van der Waals surface area contributed by atoms with Gasteiger partial charge in [-0.15, -0.1) is 0 Å². The van der Waals surface area contributed by atoms with Crippen molar-refractivity contribution in [2.24, 2.45) is 0 Å². The number of amides is 1. The Balaban J connectivity index is 1.77. The van der Waals surface area contributed by atoms with Gasteiger partial charge < -0.3 is 15.0 Å². The summed E-state index contributed by atoms with van der Waals surface area (Å²) in [6.45, 7) is 9.31. The van der Waals surface area contributed by atoms with Crippen LogP contribution in [-0.4, -0.2) is 23.5 Å². The molecule has 1 aliphatic rings. The summed E-state index contributed by atoms with van der Waals surface area (Å²) in [5, 5.41) is 3.64. The highest BCUT2D eigenvalue weighted by molar-refractivity contribution is 6.02. The molecular formula is C26H36N2O2. The molecule has 0 aliphatic carbocycles. The number of rotatable bonds is 10. The van der Waals surface area contributed by atoms with Crippen LogP contribution in [0, 0.1) is 0 Å². The van der Waals surface area contributed by atoms with Gasteiger partial charge in [0.1, 0.15) is 11.4 Å². The van der Waals surface area contributed by atoms with Gasteiger partial charge in [-0.3, -0.25) is 4.79 Å². The Morgan fingerprint density at radius 2 is 1.70 bits per heavy atom. The fraction of sp³-hybridized carbons (Fsp3) is 0.500. The van der Waals surface area contributed by atoms with Gasteiger partial charge in [-0.1, -0.05) is 63.8 Å². The molecule has 0 radical (unpaired) electrons. The Hall–Kier alpha value is -2.49. The zero-order valence-electron chi connectivity index (χ0n) is 18.9. The highest BCUT2D eigenvalue weighted by Crippen LogP contribution is 2.39. The Labute approximate surface area is 181 Å². The number of hydrogen-bond donors (Lipinski definition) is 1. The largest absolute Gasteiger partial charge is 0.494 e. The summed E-state index contributed by atoms with van der Waals surface area (Å²) in [6, 6.07) is 16.1. The van der Waals surface area contributed by atoms with Crippen LogP contribution < -0.4 is 10.1 Å². The van der Waals surface area contributed by atoms with Crippen molar-refractivity contribution in [1.29, 1.82) is 0 Å². The van der Waals surface area contributed by atoms with E-state index in [0.717, 1.165) is 42.0 Å². The summed E-state index contributed by atoms with van der Waals surface area (Å²) < 4.78 is 5.93. The number of anilines is 1. The van der Waals surface area contributed by atoms with Crippen molar-refractivity contribution in [3.63, 3.8) is 0 Å². The average Bonchev–Trinajstić information content (AvgIpc) is 2.76. The van der Waals surface area contributed by atoms with Crippen molar-refractivity contribution >= 4 is 11.6 Å². The van der Waals surface area contributed by atoms with E-state index in [9.17, 15) is 4.79 Å². The van der Waals surface area contributed by atoms with Crippen LogP contribution in [0.1, 0.15) is 82.1 Å². The van der Waals surface area contributed by atoms with E-state index in [-0.39, 0.29) is 11.9 Å². The highest BCUT2D eigenvalue weighted by Gasteiger charge is 2.44. The summed E-state index contributed by atoms with van der Waals surface area (Å²) in [4.78, 5) is 15.4. The maximum atomic E-state index is 13.4. The van der Waals surface area contributed by atoms with Gasteiger partial charge in [0.2, 0.25) is 0 Å². The third kappa shape index (κ3) is 4.63. The first kappa shape index (κ1) is 22.2. The van der Waals surface area contributed by atoms with Crippen LogP contribution in [0.2, 0.25) is 0 Å². The van der Waals surface area contributed by atoms with Crippen molar-refractivity contribution in [2.45, 2.75) is 77.9 Å².